The van der Waals surface area contributed by atoms with Crippen molar-refractivity contribution in [3.05, 3.63) is 0 Å². The molecule has 0 aromatic carbocycles. The highest BCUT2D eigenvalue weighted by atomic mass is 35.5. The zero-order chi connectivity index (χ0) is 6.41. The maximum absolute atomic E-state index is 8.11. The van der Waals surface area contributed by atoms with Crippen LogP contribution in [0.5, 0.6) is 0 Å². The molecule has 0 heterocycles. The van der Waals surface area contributed by atoms with Crippen molar-refractivity contribution in [2.45, 2.75) is 6.92 Å². The monoisotopic (exact) mass is 157 g/mol. The van der Waals surface area contributed by atoms with E-state index in [1.54, 1.807) is 0 Å². The Labute approximate surface area is 57.3 Å². The van der Waals surface area contributed by atoms with Gasteiger partial charge in [0.25, 0.3) is 0 Å². The second kappa shape index (κ2) is 5.69. The molecule has 0 fully saturated rings. The summed E-state index contributed by atoms with van der Waals surface area (Å²) in [6.45, 7) is 1.95. The minimum Gasteiger partial charge on any atom is -0.204 e. The molecule has 0 bridgehead atoms. The number of halogens is 1. The third-order valence-electron chi connectivity index (χ3n) is 0.732. The van der Waals surface area contributed by atoms with E-state index in [2.05, 4.69) is 4.33 Å². The molecule has 8 heavy (non-hydrogen) atoms. The molecule has 4 heteroatoms. The summed E-state index contributed by atoms with van der Waals surface area (Å²) < 4.78 is 4.08. The Bertz CT molecular complexity index is 49.3. The maximum atomic E-state index is 8.11. The Morgan fingerprint density at radius 3 is 2.50 bits per heavy atom. The quantitative estimate of drug-likeness (QED) is 0.288. The first-order valence-electron chi connectivity index (χ1n) is 2.40. The molecule has 1 unspecified atom stereocenters. The van der Waals surface area contributed by atoms with Gasteiger partial charge in [-0.2, -0.15) is 0 Å². The molecular weight excluding hydrogens is 148 g/mol. The molecule has 0 aliphatic rings. The molecule has 1 atom stereocenters. The van der Waals surface area contributed by atoms with Crippen molar-refractivity contribution in [1.82, 2.24) is 0 Å². The van der Waals surface area contributed by atoms with E-state index in [9.17, 15) is 0 Å². The molecule has 0 aromatic rings. The Morgan fingerprint density at radius 1 is 1.75 bits per heavy atom. The van der Waals surface area contributed by atoms with Crippen molar-refractivity contribution in [3.63, 3.8) is 0 Å². The molecule has 0 radical (unpaired) electrons. The summed E-state index contributed by atoms with van der Waals surface area (Å²) >= 11 is 5.05. The molecular formula is C4H10ClO2S+. The van der Waals surface area contributed by atoms with Gasteiger partial charge in [-0.3, -0.25) is 0 Å². The molecule has 0 aliphatic carbocycles. The first-order valence-corrected chi connectivity index (χ1v) is 4.42. The van der Waals surface area contributed by atoms with Gasteiger partial charge < -0.3 is 0 Å². The molecule has 0 amide bonds. The van der Waals surface area contributed by atoms with Gasteiger partial charge in [0.15, 0.2) is 16.9 Å². The van der Waals surface area contributed by atoms with Gasteiger partial charge in [0, 0.05) is 0 Å². The van der Waals surface area contributed by atoms with Gasteiger partial charge in [-0.1, -0.05) is 0 Å². The normalized spacial score (nSPS) is 13.9. The van der Waals surface area contributed by atoms with Crippen LogP contribution >= 0.6 is 11.6 Å². The topological polar surface area (TPSA) is 29.5 Å². The van der Waals surface area contributed by atoms with Gasteiger partial charge in [-0.25, -0.2) is 5.26 Å². The fraction of sp³-hybridized carbons (Fsp3) is 1.00. The lowest BCUT2D eigenvalue weighted by Gasteiger charge is -1.93. The Morgan fingerprint density at radius 2 is 2.38 bits per heavy atom. The van der Waals surface area contributed by atoms with E-state index in [0.29, 0.717) is 5.88 Å². The highest BCUT2D eigenvalue weighted by Gasteiger charge is 2.15. The third kappa shape index (κ3) is 3.55. The number of rotatable bonds is 4. The highest BCUT2D eigenvalue weighted by molar-refractivity contribution is 7.92. The Kier molecular flexibility index (Phi) is 6.09. The summed E-state index contributed by atoms with van der Waals surface area (Å²) in [7, 11) is 0. The zero-order valence-corrected chi connectivity index (χ0v) is 6.34. The number of alkyl halides is 1. The molecule has 0 rings (SSSR count). The van der Waals surface area contributed by atoms with Gasteiger partial charge in [-0.05, 0) is 11.3 Å². The SMILES string of the molecule is CC[S+](CCCl)OO. The Hall–Kier alpha value is 0.560. The lowest BCUT2D eigenvalue weighted by molar-refractivity contribution is -0.122. The van der Waals surface area contributed by atoms with Gasteiger partial charge in [0.05, 0.1) is 5.88 Å². The van der Waals surface area contributed by atoms with Crippen LogP contribution in [0.1, 0.15) is 6.92 Å². The van der Waals surface area contributed by atoms with Crippen LogP contribution in [0.25, 0.3) is 0 Å². The predicted molar refractivity (Wildman–Crippen MR) is 37.2 cm³/mol. The van der Waals surface area contributed by atoms with Crippen LogP contribution < -0.4 is 0 Å². The first kappa shape index (κ1) is 8.56. The summed E-state index contributed by atoms with van der Waals surface area (Å²) in [4.78, 5) is 0. The first-order chi connectivity index (χ1) is 3.85. The molecule has 50 valence electrons. The second-order valence-corrected chi connectivity index (χ2v) is 3.59. The lowest BCUT2D eigenvalue weighted by atomic mass is 11.0. The molecule has 0 spiro atoms. The molecule has 0 saturated carbocycles. The average molecular weight is 158 g/mol. The molecule has 0 aromatic heterocycles. The lowest BCUT2D eigenvalue weighted by Crippen LogP contribution is -2.12. The van der Waals surface area contributed by atoms with Gasteiger partial charge in [-0.15, -0.1) is 11.6 Å². The number of hydrogen-bond acceptors (Lipinski definition) is 2. The second-order valence-electron chi connectivity index (χ2n) is 1.20. The van der Waals surface area contributed by atoms with E-state index in [1.165, 1.54) is 0 Å². The summed E-state index contributed by atoms with van der Waals surface area (Å²) in [5, 5.41) is 8.11. The summed E-state index contributed by atoms with van der Waals surface area (Å²) in [5.74, 6) is 2.13. The van der Waals surface area contributed by atoms with E-state index in [-0.39, 0.29) is 11.2 Å². The largest absolute Gasteiger partial charge is 0.204 e. The van der Waals surface area contributed by atoms with Gasteiger partial charge in [0.2, 0.25) is 0 Å². The van der Waals surface area contributed by atoms with Crippen LogP contribution in [0.2, 0.25) is 0 Å². The molecule has 2 nitrogen and oxygen atoms in total. The van der Waals surface area contributed by atoms with Crippen molar-refractivity contribution in [3.8, 4) is 0 Å². The van der Waals surface area contributed by atoms with Crippen LogP contribution in [0, 0.1) is 0 Å². The van der Waals surface area contributed by atoms with Gasteiger partial charge >= 0.3 is 0 Å². The maximum Gasteiger partial charge on any atom is 0.187 e. The summed E-state index contributed by atoms with van der Waals surface area (Å²) in [5.41, 5.74) is 0. The van der Waals surface area contributed by atoms with E-state index in [1.807, 2.05) is 6.92 Å². The van der Waals surface area contributed by atoms with Crippen molar-refractivity contribution in [1.29, 1.82) is 0 Å². The van der Waals surface area contributed by atoms with Crippen LogP contribution in [0.4, 0.5) is 0 Å². The van der Waals surface area contributed by atoms with Crippen molar-refractivity contribution < 1.29 is 9.59 Å². The van der Waals surface area contributed by atoms with Crippen molar-refractivity contribution in [2.24, 2.45) is 0 Å². The summed E-state index contributed by atoms with van der Waals surface area (Å²) in [6, 6.07) is 0. The van der Waals surface area contributed by atoms with Gasteiger partial charge in [0.1, 0.15) is 5.75 Å². The highest BCUT2D eigenvalue weighted by Crippen LogP contribution is 1.96. The standard InChI is InChI=1S/C4H9ClO2S/c1-2-8(7-6)4-3-5/h2-4H2,1H3/p+1. The van der Waals surface area contributed by atoms with Crippen LogP contribution in [0.3, 0.4) is 0 Å². The van der Waals surface area contributed by atoms with Crippen molar-refractivity contribution in [2.75, 3.05) is 17.4 Å². The Balaban J connectivity index is 3.07. The van der Waals surface area contributed by atoms with Crippen LogP contribution in [-0.4, -0.2) is 22.6 Å². The zero-order valence-electron chi connectivity index (χ0n) is 4.76. The minimum absolute atomic E-state index is 0.315. The third-order valence-corrected chi connectivity index (χ3v) is 2.66. The summed E-state index contributed by atoms with van der Waals surface area (Å²) in [6.07, 6.45) is 0. The van der Waals surface area contributed by atoms with Crippen LogP contribution in [0.15, 0.2) is 0 Å². The number of hydrogen-bond donors (Lipinski definition) is 1. The fourth-order valence-corrected chi connectivity index (χ4v) is 1.48. The van der Waals surface area contributed by atoms with Crippen LogP contribution in [-0.2, 0) is 15.5 Å². The molecule has 1 N–H and O–H groups in total. The smallest absolute Gasteiger partial charge is 0.187 e. The molecule has 0 aliphatic heterocycles. The molecule has 0 saturated heterocycles. The fourth-order valence-electron chi connectivity index (χ4n) is 0.320. The van der Waals surface area contributed by atoms with E-state index in [4.69, 9.17) is 16.9 Å². The minimum atomic E-state index is -0.315. The van der Waals surface area contributed by atoms with Crippen molar-refractivity contribution >= 4 is 22.8 Å². The van der Waals surface area contributed by atoms with E-state index >= 15 is 0 Å². The predicted octanol–water partition coefficient (Wildman–Crippen LogP) is 1.27. The van der Waals surface area contributed by atoms with E-state index < -0.39 is 0 Å². The van der Waals surface area contributed by atoms with E-state index in [0.717, 1.165) is 11.5 Å². The average Bonchev–Trinajstić information content (AvgIpc) is 1.83.